The van der Waals surface area contributed by atoms with Crippen LogP contribution in [0.3, 0.4) is 0 Å². The van der Waals surface area contributed by atoms with Crippen molar-refractivity contribution in [3.05, 3.63) is 63.4 Å². The van der Waals surface area contributed by atoms with Gasteiger partial charge in [0.15, 0.2) is 0 Å². The van der Waals surface area contributed by atoms with Crippen LogP contribution in [0.2, 0.25) is 0 Å². The molecule has 0 aliphatic heterocycles. The van der Waals surface area contributed by atoms with Gasteiger partial charge in [-0.15, -0.1) is 0 Å². The minimum absolute atomic E-state index is 0.169. The Bertz CT molecular complexity index is 620. The largest absolute Gasteiger partial charge is 0.378 e. The van der Waals surface area contributed by atoms with Gasteiger partial charge in [0.2, 0.25) is 0 Å². The molecule has 0 saturated carbocycles. The Morgan fingerprint density at radius 3 is 2.14 bits per heavy atom. The first-order valence-corrected chi connectivity index (χ1v) is 8.00. The molecule has 2 rings (SSSR count). The number of anilines is 1. The van der Waals surface area contributed by atoms with Crippen LogP contribution in [0, 0.1) is 12.7 Å². The molecule has 1 N–H and O–H groups in total. The summed E-state index contributed by atoms with van der Waals surface area (Å²) in [5, 5.41) is 3.45. The summed E-state index contributed by atoms with van der Waals surface area (Å²) in [4.78, 5) is 0. The fraction of sp³-hybridized carbons (Fsp3) is 0.333. The molecule has 2 aromatic carbocycles. The monoisotopic (exact) mass is 349 g/mol. The van der Waals surface area contributed by atoms with Gasteiger partial charge in [-0.05, 0) is 64.5 Å². The van der Waals surface area contributed by atoms with Gasteiger partial charge in [-0.25, -0.2) is 4.39 Å². The molecule has 1 unspecified atom stereocenters. The van der Waals surface area contributed by atoms with Crippen LogP contribution in [0.25, 0.3) is 0 Å². The zero-order chi connectivity index (χ0) is 15.6. The second kappa shape index (κ2) is 6.61. The molecule has 0 bridgehead atoms. The number of hydrogen-bond donors (Lipinski definition) is 1. The van der Waals surface area contributed by atoms with E-state index >= 15 is 0 Å². The first-order valence-electron chi connectivity index (χ1n) is 7.20. The van der Waals surface area contributed by atoms with Crippen LogP contribution in [0.1, 0.15) is 49.4 Å². The SMILES string of the molecule is Cc1cc(F)c(Br)cc1NC(C)c1ccc(C(C)C)cc1. The van der Waals surface area contributed by atoms with Gasteiger partial charge >= 0.3 is 0 Å². The number of halogens is 2. The molecular weight excluding hydrogens is 329 g/mol. The molecule has 0 saturated heterocycles. The molecule has 0 aromatic heterocycles. The Kier molecular flexibility index (Phi) is 5.04. The highest BCUT2D eigenvalue weighted by atomic mass is 79.9. The molecule has 1 atom stereocenters. The third kappa shape index (κ3) is 3.85. The highest BCUT2D eigenvalue weighted by molar-refractivity contribution is 9.10. The van der Waals surface area contributed by atoms with Crippen molar-refractivity contribution >= 4 is 21.6 Å². The van der Waals surface area contributed by atoms with Crippen LogP contribution in [0.15, 0.2) is 40.9 Å². The lowest BCUT2D eigenvalue weighted by Gasteiger charge is -2.18. The molecule has 1 nitrogen and oxygen atoms in total. The van der Waals surface area contributed by atoms with Crippen molar-refractivity contribution in [3.63, 3.8) is 0 Å². The minimum atomic E-state index is -0.230. The first-order chi connectivity index (χ1) is 9.88. The molecule has 0 aliphatic carbocycles. The highest BCUT2D eigenvalue weighted by Gasteiger charge is 2.10. The van der Waals surface area contributed by atoms with Crippen molar-refractivity contribution in [1.29, 1.82) is 0 Å². The predicted octanol–water partition coefficient (Wildman–Crippen LogP) is 6.19. The normalized spacial score (nSPS) is 12.5. The summed E-state index contributed by atoms with van der Waals surface area (Å²) >= 11 is 3.24. The van der Waals surface area contributed by atoms with Gasteiger partial charge < -0.3 is 5.32 Å². The van der Waals surface area contributed by atoms with Gasteiger partial charge in [-0.1, -0.05) is 38.1 Å². The Hall–Kier alpha value is -1.35. The van der Waals surface area contributed by atoms with Crippen LogP contribution in [-0.2, 0) is 0 Å². The van der Waals surface area contributed by atoms with Crippen LogP contribution >= 0.6 is 15.9 Å². The van der Waals surface area contributed by atoms with Crippen LogP contribution < -0.4 is 5.32 Å². The van der Waals surface area contributed by atoms with Crippen LogP contribution in [0.5, 0.6) is 0 Å². The van der Waals surface area contributed by atoms with Crippen molar-refractivity contribution in [1.82, 2.24) is 0 Å². The van der Waals surface area contributed by atoms with Crippen LogP contribution in [-0.4, -0.2) is 0 Å². The maximum atomic E-state index is 13.5. The van der Waals surface area contributed by atoms with E-state index in [1.807, 2.05) is 6.92 Å². The van der Waals surface area contributed by atoms with E-state index in [0.717, 1.165) is 11.3 Å². The Balaban J connectivity index is 2.17. The number of nitrogens with one attached hydrogen (secondary N) is 1. The smallest absolute Gasteiger partial charge is 0.137 e. The van der Waals surface area contributed by atoms with E-state index in [4.69, 9.17) is 0 Å². The average Bonchev–Trinajstić information content (AvgIpc) is 2.44. The fourth-order valence-electron chi connectivity index (χ4n) is 2.29. The second-order valence-corrected chi connectivity index (χ2v) is 6.62. The molecule has 0 radical (unpaired) electrons. The molecule has 0 spiro atoms. The number of aryl methyl sites for hydroxylation is 1. The summed E-state index contributed by atoms with van der Waals surface area (Å²) in [6, 6.07) is 12.2. The van der Waals surface area contributed by atoms with Gasteiger partial charge in [0.1, 0.15) is 5.82 Å². The number of benzene rings is 2. The van der Waals surface area contributed by atoms with E-state index in [1.165, 1.54) is 11.1 Å². The number of rotatable bonds is 4. The van der Waals surface area contributed by atoms with Crippen molar-refractivity contribution in [2.45, 2.75) is 39.7 Å². The molecule has 0 aliphatic rings. The van der Waals surface area contributed by atoms with Gasteiger partial charge in [0, 0.05) is 11.7 Å². The van der Waals surface area contributed by atoms with Gasteiger partial charge in [-0.2, -0.15) is 0 Å². The third-order valence-electron chi connectivity index (χ3n) is 3.74. The summed E-state index contributed by atoms with van der Waals surface area (Å²) < 4.78 is 13.9. The zero-order valence-electron chi connectivity index (χ0n) is 12.9. The lowest BCUT2D eigenvalue weighted by atomic mass is 9.99. The van der Waals surface area contributed by atoms with Crippen LogP contribution in [0.4, 0.5) is 10.1 Å². The summed E-state index contributed by atoms with van der Waals surface area (Å²) in [6.45, 7) is 8.40. The Labute approximate surface area is 134 Å². The van der Waals surface area contributed by atoms with Crippen molar-refractivity contribution in [2.24, 2.45) is 0 Å². The Morgan fingerprint density at radius 2 is 1.57 bits per heavy atom. The summed E-state index contributed by atoms with van der Waals surface area (Å²) in [6.07, 6.45) is 0. The second-order valence-electron chi connectivity index (χ2n) is 5.77. The molecule has 0 amide bonds. The lowest BCUT2D eigenvalue weighted by Crippen LogP contribution is -2.08. The summed E-state index contributed by atoms with van der Waals surface area (Å²) in [5.41, 5.74) is 4.41. The van der Waals surface area contributed by atoms with E-state index in [2.05, 4.69) is 66.3 Å². The van der Waals surface area contributed by atoms with E-state index in [9.17, 15) is 4.39 Å². The quantitative estimate of drug-likeness (QED) is 0.693. The van der Waals surface area contributed by atoms with E-state index in [0.29, 0.717) is 10.4 Å². The molecule has 3 heteroatoms. The van der Waals surface area contributed by atoms with Crippen molar-refractivity contribution in [3.8, 4) is 0 Å². The third-order valence-corrected chi connectivity index (χ3v) is 4.35. The zero-order valence-corrected chi connectivity index (χ0v) is 14.5. The standard InChI is InChI=1S/C18H21BrFN/c1-11(2)14-5-7-15(8-6-14)13(4)21-18-10-16(19)17(20)9-12(18)3/h5-11,13,21H,1-4H3. The van der Waals surface area contributed by atoms with E-state index in [-0.39, 0.29) is 11.9 Å². The maximum Gasteiger partial charge on any atom is 0.137 e. The van der Waals surface area contributed by atoms with Gasteiger partial charge in [-0.3, -0.25) is 0 Å². The van der Waals surface area contributed by atoms with Crippen molar-refractivity contribution < 1.29 is 4.39 Å². The molecular formula is C18H21BrFN. The molecule has 21 heavy (non-hydrogen) atoms. The first kappa shape index (κ1) is 16.0. The highest BCUT2D eigenvalue weighted by Crippen LogP contribution is 2.28. The topological polar surface area (TPSA) is 12.0 Å². The average molecular weight is 350 g/mol. The lowest BCUT2D eigenvalue weighted by molar-refractivity contribution is 0.620. The fourth-order valence-corrected chi connectivity index (χ4v) is 2.63. The summed E-state index contributed by atoms with van der Waals surface area (Å²) in [5.74, 6) is 0.310. The van der Waals surface area contributed by atoms with E-state index in [1.54, 1.807) is 12.1 Å². The molecule has 2 aromatic rings. The Morgan fingerprint density at radius 1 is 1.00 bits per heavy atom. The van der Waals surface area contributed by atoms with Gasteiger partial charge in [0.25, 0.3) is 0 Å². The van der Waals surface area contributed by atoms with Gasteiger partial charge in [0.05, 0.1) is 4.47 Å². The summed E-state index contributed by atoms with van der Waals surface area (Å²) in [7, 11) is 0. The molecule has 112 valence electrons. The molecule has 0 heterocycles. The minimum Gasteiger partial charge on any atom is -0.378 e. The van der Waals surface area contributed by atoms with Crippen molar-refractivity contribution in [2.75, 3.05) is 5.32 Å². The number of hydrogen-bond acceptors (Lipinski definition) is 1. The maximum absolute atomic E-state index is 13.5. The van der Waals surface area contributed by atoms with E-state index < -0.39 is 0 Å². The predicted molar refractivity (Wildman–Crippen MR) is 91.4 cm³/mol. The molecule has 0 fully saturated rings.